The molecule has 0 saturated carbocycles. The number of para-hydroxylation sites is 2. The van der Waals surface area contributed by atoms with E-state index >= 15 is 0 Å². The molecule has 0 bridgehead atoms. The van der Waals surface area contributed by atoms with Crippen LogP contribution in [0.15, 0.2) is 182 Å². The summed E-state index contributed by atoms with van der Waals surface area (Å²) in [4.78, 5) is 15.1. The Morgan fingerprint density at radius 1 is 0.423 bits per heavy atom. The zero-order chi connectivity index (χ0) is 34.9. The van der Waals surface area contributed by atoms with E-state index < -0.39 is 5.41 Å². The molecule has 1 aromatic heterocycles. The van der Waals surface area contributed by atoms with Gasteiger partial charge >= 0.3 is 0 Å². The van der Waals surface area contributed by atoms with Gasteiger partial charge < -0.3 is 4.74 Å². The number of nitriles is 1. The molecule has 244 valence electrons. The third-order valence-corrected chi connectivity index (χ3v) is 9.73. The number of nitrogens with zero attached hydrogens (tertiary/aromatic N) is 4. The molecule has 0 saturated heterocycles. The van der Waals surface area contributed by atoms with Gasteiger partial charge in [0, 0.05) is 33.4 Å². The van der Waals surface area contributed by atoms with Gasteiger partial charge in [-0.25, -0.2) is 15.0 Å². The summed E-state index contributed by atoms with van der Waals surface area (Å²) in [5.41, 5.74) is 8.76. The van der Waals surface area contributed by atoms with Crippen LogP contribution in [0.2, 0.25) is 0 Å². The van der Waals surface area contributed by atoms with Crippen molar-refractivity contribution >= 4 is 0 Å². The zero-order valence-electron chi connectivity index (χ0n) is 28.0. The smallest absolute Gasteiger partial charge is 0.164 e. The summed E-state index contributed by atoms with van der Waals surface area (Å²) in [7, 11) is 0. The van der Waals surface area contributed by atoms with Crippen molar-refractivity contribution in [2.75, 3.05) is 0 Å². The van der Waals surface area contributed by atoms with Gasteiger partial charge in [-0.05, 0) is 47.0 Å². The summed E-state index contributed by atoms with van der Waals surface area (Å²) >= 11 is 0. The molecule has 2 heterocycles. The fourth-order valence-corrected chi connectivity index (χ4v) is 7.39. The minimum atomic E-state index is -0.645. The topological polar surface area (TPSA) is 71.7 Å². The number of fused-ring (bicyclic) bond motifs is 2. The number of ether oxygens (including phenoxy) is 1. The van der Waals surface area contributed by atoms with Crippen LogP contribution in [0.25, 0.3) is 45.3 Å². The Hall–Kier alpha value is -7.16. The van der Waals surface area contributed by atoms with Gasteiger partial charge in [-0.15, -0.1) is 0 Å². The maximum absolute atomic E-state index is 9.42. The van der Waals surface area contributed by atoms with Crippen molar-refractivity contribution in [3.8, 4) is 62.9 Å². The quantitative estimate of drug-likeness (QED) is 0.177. The summed E-state index contributed by atoms with van der Waals surface area (Å²) in [5.74, 6) is 3.21. The van der Waals surface area contributed by atoms with Gasteiger partial charge in [-0.3, -0.25) is 0 Å². The van der Waals surface area contributed by atoms with E-state index in [1.54, 1.807) is 12.1 Å². The maximum Gasteiger partial charge on any atom is 0.164 e. The number of hydrogen-bond acceptors (Lipinski definition) is 5. The molecule has 0 radical (unpaired) electrons. The van der Waals surface area contributed by atoms with Crippen LogP contribution >= 0.6 is 0 Å². The molecule has 1 aliphatic heterocycles. The third kappa shape index (κ3) is 5.14. The Kier molecular flexibility index (Phi) is 7.68. The van der Waals surface area contributed by atoms with Crippen molar-refractivity contribution in [1.82, 2.24) is 15.0 Å². The van der Waals surface area contributed by atoms with Crippen LogP contribution in [0, 0.1) is 11.3 Å². The molecule has 0 spiro atoms. The van der Waals surface area contributed by atoms with Crippen molar-refractivity contribution in [2.24, 2.45) is 0 Å². The molecular formula is C47H30N4O. The van der Waals surface area contributed by atoms with E-state index in [-0.39, 0.29) is 0 Å². The monoisotopic (exact) mass is 666 g/mol. The molecule has 1 aliphatic rings. The van der Waals surface area contributed by atoms with Crippen LogP contribution in [0.5, 0.6) is 11.5 Å². The maximum atomic E-state index is 9.42. The lowest BCUT2D eigenvalue weighted by Crippen LogP contribution is -2.34. The van der Waals surface area contributed by atoms with Gasteiger partial charge in [-0.1, -0.05) is 152 Å². The Morgan fingerprint density at radius 2 is 0.923 bits per heavy atom. The van der Waals surface area contributed by atoms with E-state index in [9.17, 15) is 5.26 Å². The van der Waals surface area contributed by atoms with Crippen LogP contribution in [-0.2, 0) is 5.41 Å². The first kappa shape index (κ1) is 30.9. The van der Waals surface area contributed by atoms with Gasteiger partial charge in [0.1, 0.15) is 11.5 Å². The van der Waals surface area contributed by atoms with Crippen LogP contribution in [0.1, 0.15) is 27.8 Å². The second-order valence-electron chi connectivity index (χ2n) is 12.7. The summed E-state index contributed by atoms with van der Waals surface area (Å²) in [6.45, 7) is 0. The summed E-state index contributed by atoms with van der Waals surface area (Å²) in [5, 5.41) is 9.42. The highest BCUT2D eigenvalue weighted by Crippen LogP contribution is 2.57. The molecule has 0 unspecified atom stereocenters. The molecule has 0 aliphatic carbocycles. The number of benzene rings is 7. The zero-order valence-corrected chi connectivity index (χ0v) is 28.0. The van der Waals surface area contributed by atoms with Gasteiger partial charge in [0.05, 0.1) is 17.0 Å². The third-order valence-electron chi connectivity index (χ3n) is 9.73. The number of aromatic nitrogens is 3. The molecule has 0 amide bonds. The normalized spacial score (nSPS) is 12.5. The second-order valence-corrected chi connectivity index (χ2v) is 12.7. The van der Waals surface area contributed by atoms with Crippen molar-refractivity contribution in [3.63, 3.8) is 0 Å². The Balaban J connectivity index is 1.30. The fraction of sp³-hybridized carbons (Fsp3) is 0.0213. The van der Waals surface area contributed by atoms with Crippen molar-refractivity contribution < 1.29 is 4.74 Å². The van der Waals surface area contributed by atoms with E-state index in [4.69, 9.17) is 19.7 Å². The van der Waals surface area contributed by atoms with E-state index in [0.29, 0.717) is 23.0 Å². The molecule has 9 rings (SSSR count). The highest BCUT2D eigenvalue weighted by molar-refractivity contribution is 5.87. The lowest BCUT2D eigenvalue weighted by Gasteiger charge is -2.42. The van der Waals surface area contributed by atoms with E-state index in [1.807, 2.05) is 60.7 Å². The van der Waals surface area contributed by atoms with Crippen molar-refractivity contribution in [1.29, 1.82) is 5.26 Å². The Labute approximate surface area is 302 Å². The molecule has 5 nitrogen and oxygen atoms in total. The molecular weight excluding hydrogens is 637 g/mol. The Bertz CT molecular complexity index is 2560. The SMILES string of the molecule is N#Cc1ccc(-c2nc(-c3ccccc3)nc(-c3ccccc3-c3cccc4c3Oc3ccccc3C4(c3ccccc3)c3ccccc3)n2)cc1. The molecule has 0 fully saturated rings. The standard InChI is InChI=1S/C47H30N4O/c48-31-32-27-29-34(30-28-32)45-49-44(33-15-4-1-5-16-33)50-46(51-45)39-22-11-10-21-37(39)38-23-14-25-41-43(38)52-42-26-13-12-24-40(42)47(41,35-17-6-2-7-18-35)36-19-8-3-9-20-36/h1-30H. The van der Waals surface area contributed by atoms with Crippen molar-refractivity contribution in [3.05, 3.63) is 210 Å². The first-order chi connectivity index (χ1) is 25.7. The van der Waals surface area contributed by atoms with Gasteiger partial charge in [-0.2, -0.15) is 5.26 Å². The summed E-state index contributed by atoms with van der Waals surface area (Å²) in [6, 6.07) is 63.8. The molecule has 52 heavy (non-hydrogen) atoms. The minimum Gasteiger partial charge on any atom is -0.456 e. The van der Waals surface area contributed by atoms with E-state index in [1.165, 1.54) is 0 Å². The van der Waals surface area contributed by atoms with Gasteiger partial charge in [0.15, 0.2) is 17.5 Å². The molecule has 0 N–H and O–H groups in total. The highest BCUT2D eigenvalue weighted by Gasteiger charge is 2.46. The van der Waals surface area contributed by atoms with Crippen LogP contribution in [0.3, 0.4) is 0 Å². The Morgan fingerprint density at radius 3 is 1.58 bits per heavy atom. The van der Waals surface area contributed by atoms with Crippen molar-refractivity contribution in [2.45, 2.75) is 5.41 Å². The van der Waals surface area contributed by atoms with Gasteiger partial charge in [0.25, 0.3) is 0 Å². The first-order valence-corrected chi connectivity index (χ1v) is 17.2. The molecule has 0 atom stereocenters. The number of rotatable bonds is 6. The average Bonchev–Trinajstić information content (AvgIpc) is 3.23. The largest absolute Gasteiger partial charge is 0.456 e. The second kappa shape index (κ2) is 12.9. The molecule has 8 aromatic rings. The van der Waals surface area contributed by atoms with Crippen LogP contribution in [-0.4, -0.2) is 15.0 Å². The van der Waals surface area contributed by atoms with Crippen LogP contribution < -0.4 is 4.74 Å². The highest BCUT2D eigenvalue weighted by atomic mass is 16.5. The van der Waals surface area contributed by atoms with Gasteiger partial charge in [0.2, 0.25) is 0 Å². The number of hydrogen-bond donors (Lipinski definition) is 0. The van der Waals surface area contributed by atoms with Crippen LogP contribution in [0.4, 0.5) is 0 Å². The van der Waals surface area contributed by atoms with E-state index in [2.05, 4.69) is 115 Å². The molecule has 5 heteroatoms. The molecule has 7 aromatic carbocycles. The lowest BCUT2D eigenvalue weighted by molar-refractivity contribution is 0.436. The lowest BCUT2D eigenvalue weighted by atomic mass is 9.63. The fourth-order valence-electron chi connectivity index (χ4n) is 7.39. The summed E-state index contributed by atoms with van der Waals surface area (Å²) < 4.78 is 6.98. The minimum absolute atomic E-state index is 0.524. The average molecular weight is 667 g/mol. The first-order valence-electron chi connectivity index (χ1n) is 17.2. The predicted octanol–water partition coefficient (Wildman–Crippen LogP) is 10.9. The van der Waals surface area contributed by atoms with E-state index in [0.717, 1.165) is 61.6 Å². The summed E-state index contributed by atoms with van der Waals surface area (Å²) in [6.07, 6.45) is 0. The predicted molar refractivity (Wildman–Crippen MR) is 205 cm³/mol.